The Morgan fingerprint density at radius 3 is 2.57 bits per heavy atom. The zero-order chi connectivity index (χ0) is 19.1. The lowest BCUT2D eigenvalue weighted by molar-refractivity contribution is -0.122. The van der Waals surface area contributed by atoms with Gasteiger partial charge in [0.15, 0.2) is 0 Å². The molecule has 3 unspecified atom stereocenters. The minimum Gasteiger partial charge on any atom is -0.496 e. The number of amides is 1. The molecular formula is C23H31ClN2O2. The van der Waals surface area contributed by atoms with Crippen molar-refractivity contribution in [3.8, 4) is 5.75 Å². The van der Waals surface area contributed by atoms with Crippen molar-refractivity contribution in [3.05, 3.63) is 65.7 Å². The number of piperidine rings is 1. The monoisotopic (exact) mass is 402 g/mol. The Hall–Kier alpha value is -2.04. The van der Waals surface area contributed by atoms with Crippen LogP contribution in [0, 0.1) is 11.8 Å². The van der Waals surface area contributed by atoms with Gasteiger partial charge in [0.25, 0.3) is 0 Å². The lowest BCUT2D eigenvalue weighted by Gasteiger charge is -2.29. The quantitative estimate of drug-likeness (QED) is 0.723. The maximum Gasteiger partial charge on any atom is 0.221 e. The molecule has 0 aromatic heterocycles. The van der Waals surface area contributed by atoms with E-state index < -0.39 is 0 Å². The molecule has 4 nitrogen and oxygen atoms in total. The van der Waals surface area contributed by atoms with E-state index in [1.165, 1.54) is 12.8 Å². The van der Waals surface area contributed by atoms with E-state index in [0.29, 0.717) is 18.3 Å². The Labute approximate surface area is 174 Å². The Bertz CT molecular complexity index is 732. The molecule has 152 valence electrons. The van der Waals surface area contributed by atoms with Gasteiger partial charge in [-0.3, -0.25) is 4.79 Å². The predicted molar refractivity (Wildman–Crippen MR) is 116 cm³/mol. The zero-order valence-electron chi connectivity index (χ0n) is 16.7. The number of halogens is 1. The Kier molecular flexibility index (Phi) is 8.81. The lowest BCUT2D eigenvalue weighted by Crippen LogP contribution is -2.36. The summed E-state index contributed by atoms with van der Waals surface area (Å²) < 4.78 is 5.55. The highest BCUT2D eigenvalue weighted by Gasteiger charge is 2.25. The number of carbonyl (C=O) groups is 1. The molecule has 0 bridgehead atoms. The molecule has 1 aliphatic rings. The van der Waals surface area contributed by atoms with Crippen molar-refractivity contribution >= 4 is 18.3 Å². The van der Waals surface area contributed by atoms with Crippen LogP contribution in [0.25, 0.3) is 0 Å². The number of methoxy groups -OCH3 is 1. The van der Waals surface area contributed by atoms with E-state index in [0.717, 1.165) is 30.0 Å². The smallest absolute Gasteiger partial charge is 0.221 e. The molecule has 2 N–H and O–H groups in total. The second kappa shape index (κ2) is 11.1. The number of ether oxygens (including phenoxy) is 1. The fourth-order valence-corrected chi connectivity index (χ4v) is 3.93. The standard InChI is InChI=1S/C23H30N2O2.ClH/c1-17(19-11-8-14-24-16-19)15-22(26)25-23(18-9-4-3-5-10-18)20-12-6-7-13-21(20)27-2;/h3-7,9-10,12-13,17,19,23-24H,8,11,14-16H2,1-2H3,(H,25,26);1H. The molecule has 3 rings (SSSR count). The summed E-state index contributed by atoms with van der Waals surface area (Å²) in [4.78, 5) is 12.9. The van der Waals surface area contributed by atoms with Crippen LogP contribution in [0.2, 0.25) is 0 Å². The van der Waals surface area contributed by atoms with E-state index in [-0.39, 0.29) is 24.4 Å². The maximum atomic E-state index is 12.9. The first-order chi connectivity index (χ1) is 13.2. The van der Waals surface area contributed by atoms with E-state index in [1.807, 2.05) is 54.6 Å². The van der Waals surface area contributed by atoms with E-state index in [9.17, 15) is 4.79 Å². The molecule has 2 aromatic rings. The predicted octanol–water partition coefficient (Wildman–Crippen LogP) is 4.35. The Balaban J connectivity index is 0.00000280. The average molecular weight is 403 g/mol. The molecule has 0 saturated carbocycles. The largest absolute Gasteiger partial charge is 0.496 e. The summed E-state index contributed by atoms with van der Waals surface area (Å²) in [5.74, 6) is 1.82. The fraction of sp³-hybridized carbons (Fsp3) is 0.435. The van der Waals surface area contributed by atoms with Crippen LogP contribution in [0.15, 0.2) is 54.6 Å². The van der Waals surface area contributed by atoms with Gasteiger partial charge >= 0.3 is 0 Å². The van der Waals surface area contributed by atoms with Gasteiger partial charge in [-0.2, -0.15) is 0 Å². The van der Waals surface area contributed by atoms with Crippen LogP contribution in [0.4, 0.5) is 0 Å². The van der Waals surface area contributed by atoms with Gasteiger partial charge in [-0.25, -0.2) is 0 Å². The van der Waals surface area contributed by atoms with Gasteiger partial charge in [-0.15, -0.1) is 12.4 Å². The van der Waals surface area contributed by atoms with Crippen molar-refractivity contribution in [2.75, 3.05) is 20.2 Å². The second-order valence-electron chi connectivity index (χ2n) is 7.44. The number of hydrogen-bond donors (Lipinski definition) is 2. The molecule has 0 radical (unpaired) electrons. The highest BCUT2D eigenvalue weighted by Crippen LogP contribution is 2.30. The van der Waals surface area contributed by atoms with Crippen molar-refractivity contribution in [2.24, 2.45) is 11.8 Å². The van der Waals surface area contributed by atoms with Crippen LogP contribution in [-0.2, 0) is 4.79 Å². The molecule has 5 heteroatoms. The van der Waals surface area contributed by atoms with E-state index in [4.69, 9.17) is 4.74 Å². The van der Waals surface area contributed by atoms with Crippen molar-refractivity contribution in [1.29, 1.82) is 0 Å². The summed E-state index contributed by atoms with van der Waals surface area (Å²) in [5, 5.41) is 6.70. The first-order valence-electron chi connectivity index (χ1n) is 9.87. The summed E-state index contributed by atoms with van der Waals surface area (Å²) >= 11 is 0. The molecular weight excluding hydrogens is 372 g/mol. The first-order valence-corrected chi connectivity index (χ1v) is 9.87. The highest BCUT2D eigenvalue weighted by molar-refractivity contribution is 5.85. The van der Waals surface area contributed by atoms with Crippen LogP contribution >= 0.6 is 12.4 Å². The number of para-hydroxylation sites is 1. The highest BCUT2D eigenvalue weighted by atomic mass is 35.5. The second-order valence-corrected chi connectivity index (χ2v) is 7.44. The van der Waals surface area contributed by atoms with E-state index in [2.05, 4.69) is 17.6 Å². The molecule has 1 fully saturated rings. The molecule has 1 aliphatic heterocycles. The number of rotatable bonds is 7. The number of carbonyl (C=O) groups excluding carboxylic acids is 1. The zero-order valence-corrected chi connectivity index (χ0v) is 17.5. The van der Waals surface area contributed by atoms with Gasteiger partial charge in [0.2, 0.25) is 5.91 Å². The molecule has 2 aromatic carbocycles. The van der Waals surface area contributed by atoms with Gasteiger partial charge in [0, 0.05) is 12.0 Å². The van der Waals surface area contributed by atoms with Crippen LogP contribution < -0.4 is 15.4 Å². The fourth-order valence-electron chi connectivity index (χ4n) is 3.93. The third-order valence-electron chi connectivity index (χ3n) is 5.54. The minimum absolute atomic E-state index is 0. The van der Waals surface area contributed by atoms with E-state index >= 15 is 0 Å². The topological polar surface area (TPSA) is 50.4 Å². The van der Waals surface area contributed by atoms with Crippen LogP contribution in [0.5, 0.6) is 5.75 Å². The molecule has 1 amide bonds. The third-order valence-corrected chi connectivity index (χ3v) is 5.54. The van der Waals surface area contributed by atoms with Gasteiger partial charge in [-0.05, 0) is 49.4 Å². The van der Waals surface area contributed by atoms with Crippen molar-refractivity contribution < 1.29 is 9.53 Å². The molecule has 1 heterocycles. The Morgan fingerprint density at radius 2 is 1.89 bits per heavy atom. The van der Waals surface area contributed by atoms with Crippen molar-refractivity contribution in [3.63, 3.8) is 0 Å². The van der Waals surface area contributed by atoms with Crippen molar-refractivity contribution in [2.45, 2.75) is 32.2 Å². The number of nitrogens with one attached hydrogen (secondary N) is 2. The number of hydrogen-bond acceptors (Lipinski definition) is 3. The summed E-state index contributed by atoms with van der Waals surface area (Å²) in [6.07, 6.45) is 2.95. The van der Waals surface area contributed by atoms with Crippen LogP contribution in [0.3, 0.4) is 0 Å². The SMILES string of the molecule is COc1ccccc1C(NC(=O)CC(C)C1CCCNC1)c1ccccc1.Cl. The van der Waals surface area contributed by atoms with Crippen LogP contribution in [0.1, 0.15) is 43.4 Å². The maximum absolute atomic E-state index is 12.9. The lowest BCUT2D eigenvalue weighted by atomic mass is 9.85. The van der Waals surface area contributed by atoms with Gasteiger partial charge in [-0.1, -0.05) is 55.5 Å². The van der Waals surface area contributed by atoms with Gasteiger partial charge in [0.05, 0.1) is 13.2 Å². The first kappa shape index (κ1) is 22.3. The molecule has 28 heavy (non-hydrogen) atoms. The average Bonchev–Trinajstić information content (AvgIpc) is 2.73. The molecule has 1 saturated heterocycles. The Morgan fingerprint density at radius 1 is 1.18 bits per heavy atom. The summed E-state index contributed by atoms with van der Waals surface area (Å²) in [6.45, 7) is 4.31. The molecule has 0 aliphatic carbocycles. The number of benzene rings is 2. The minimum atomic E-state index is -0.216. The summed E-state index contributed by atoms with van der Waals surface area (Å²) in [7, 11) is 1.67. The summed E-state index contributed by atoms with van der Waals surface area (Å²) in [5.41, 5.74) is 2.04. The van der Waals surface area contributed by atoms with Crippen molar-refractivity contribution in [1.82, 2.24) is 10.6 Å². The summed E-state index contributed by atoms with van der Waals surface area (Å²) in [6, 6.07) is 17.8. The normalized spacial score (nSPS) is 18.4. The third kappa shape index (κ3) is 5.73. The van der Waals surface area contributed by atoms with Gasteiger partial charge < -0.3 is 15.4 Å². The molecule has 3 atom stereocenters. The van der Waals surface area contributed by atoms with Crippen LogP contribution in [-0.4, -0.2) is 26.1 Å². The van der Waals surface area contributed by atoms with Gasteiger partial charge in [0.1, 0.15) is 5.75 Å². The van der Waals surface area contributed by atoms with E-state index in [1.54, 1.807) is 7.11 Å². The molecule has 0 spiro atoms.